The third-order valence-corrected chi connectivity index (χ3v) is 4.86. The summed E-state index contributed by atoms with van der Waals surface area (Å²) in [5.41, 5.74) is 0.898. The minimum Gasteiger partial charge on any atom is -0.495 e. The first kappa shape index (κ1) is 17.7. The van der Waals surface area contributed by atoms with E-state index in [-0.39, 0.29) is 11.4 Å². The Bertz CT molecular complexity index is 583. The lowest BCUT2D eigenvalue weighted by Gasteiger charge is -2.18. The van der Waals surface area contributed by atoms with Crippen molar-refractivity contribution in [2.75, 3.05) is 20.7 Å². The molecule has 21 heavy (non-hydrogen) atoms. The zero-order valence-electron chi connectivity index (χ0n) is 13.1. The molecule has 1 aromatic carbocycles. The molecule has 0 atom stereocenters. The molecule has 6 heteroatoms. The summed E-state index contributed by atoms with van der Waals surface area (Å²) in [7, 11) is -0.606. The van der Waals surface area contributed by atoms with Crippen molar-refractivity contribution < 1.29 is 13.2 Å². The van der Waals surface area contributed by atoms with E-state index in [4.69, 9.17) is 4.74 Å². The maximum absolute atomic E-state index is 12.6. The molecule has 1 aromatic rings. The summed E-state index contributed by atoms with van der Waals surface area (Å²) in [6.45, 7) is 8.51. The van der Waals surface area contributed by atoms with E-state index in [2.05, 4.69) is 11.9 Å². The van der Waals surface area contributed by atoms with Gasteiger partial charge in [0.15, 0.2) is 0 Å². The predicted octanol–water partition coefficient (Wildman–Crippen LogP) is 2.00. The highest BCUT2D eigenvalue weighted by molar-refractivity contribution is 7.89. The maximum atomic E-state index is 12.6. The Hall–Kier alpha value is -1.37. The molecule has 0 aliphatic heterocycles. The Morgan fingerprint density at radius 3 is 2.62 bits per heavy atom. The lowest BCUT2D eigenvalue weighted by molar-refractivity contribution is 0.399. The van der Waals surface area contributed by atoms with Gasteiger partial charge in [-0.05, 0) is 17.7 Å². The molecule has 0 fully saturated rings. The number of benzene rings is 1. The molecule has 0 spiro atoms. The molecule has 0 saturated carbocycles. The van der Waals surface area contributed by atoms with E-state index in [1.54, 1.807) is 18.2 Å². The third-order valence-electron chi connectivity index (χ3n) is 3.02. The van der Waals surface area contributed by atoms with E-state index in [1.165, 1.54) is 18.5 Å². The summed E-state index contributed by atoms with van der Waals surface area (Å²) >= 11 is 0. The van der Waals surface area contributed by atoms with Crippen molar-refractivity contribution in [3.05, 3.63) is 36.4 Å². The number of hydrogen-bond donors (Lipinski definition) is 1. The number of likely N-dealkylation sites (N-methyl/N-ethyl adjacent to an activating group) is 1. The Morgan fingerprint density at radius 2 is 2.10 bits per heavy atom. The molecule has 0 aromatic heterocycles. The summed E-state index contributed by atoms with van der Waals surface area (Å²) in [6.07, 6.45) is 1.55. The van der Waals surface area contributed by atoms with Crippen molar-refractivity contribution in [1.82, 2.24) is 9.62 Å². The van der Waals surface area contributed by atoms with Gasteiger partial charge in [0.05, 0.1) is 7.11 Å². The number of sulfonamides is 1. The van der Waals surface area contributed by atoms with Gasteiger partial charge in [0, 0.05) is 26.2 Å². The highest BCUT2D eigenvalue weighted by Gasteiger charge is 2.24. The van der Waals surface area contributed by atoms with Crippen LogP contribution < -0.4 is 10.1 Å². The minimum absolute atomic E-state index is 0.178. The molecule has 0 radical (unpaired) electrons. The van der Waals surface area contributed by atoms with Crippen LogP contribution in [0.3, 0.4) is 0 Å². The average molecular weight is 312 g/mol. The second-order valence-electron chi connectivity index (χ2n) is 5.10. The Balaban J connectivity index is 3.19. The molecule has 0 aliphatic rings. The molecule has 0 heterocycles. The highest BCUT2D eigenvalue weighted by Crippen LogP contribution is 2.27. The second-order valence-corrected chi connectivity index (χ2v) is 7.11. The van der Waals surface area contributed by atoms with E-state index in [9.17, 15) is 8.42 Å². The summed E-state index contributed by atoms with van der Waals surface area (Å²) in [5.74, 6) is 0.346. The van der Waals surface area contributed by atoms with E-state index < -0.39 is 10.0 Å². The van der Waals surface area contributed by atoms with Crippen molar-refractivity contribution >= 4 is 10.0 Å². The van der Waals surface area contributed by atoms with Gasteiger partial charge in [0.25, 0.3) is 0 Å². The van der Waals surface area contributed by atoms with Crippen LogP contribution >= 0.6 is 0 Å². The predicted molar refractivity (Wildman–Crippen MR) is 85.0 cm³/mol. The van der Waals surface area contributed by atoms with Crippen molar-refractivity contribution in [3.8, 4) is 5.75 Å². The zero-order chi connectivity index (χ0) is 16.0. The van der Waals surface area contributed by atoms with Gasteiger partial charge in [-0.1, -0.05) is 26.0 Å². The van der Waals surface area contributed by atoms with Crippen LogP contribution in [-0.4, -0.2) is 39.5 Å². The van der Waals surface area contributed by atoms with Crippen molar-refractivity contribution in [2.45, 2.75) is 31.3 Å². The van der Waals surface area contributed by atoms with Gasteiger partial charge < -0.3 is 10.1 Å². The number of nitrogens with one attached hydrogen (secondary N) is 1. The molecule has 0 aliphatic carbocycles. The van der Waals surface area contributed by atoms with Crippen LogP contribution in [0.5, 0.6) is 5.75 Å². The molecule has 0 amide bonds. The first-order valence-electron chi connectivity index (χ1n) is 6.80. The molecule has 1 N–H and O–H groups in total. The topological polar surface area (TPSA) is 58.6 Å². The number of rotatable bonds is 8. The van der Waals surface area contributed by atoms with E-state index in [1.807, 2.05) is 19.9 Å². The van der Waals surface area contributed by atoms with Gasteiger partial charge in [-0.15, -0.1) is 6.58 Å². The molecular weight excluding hydrogens is 288 g/mol. The number of nitrogens with zero attached hydrogens (tertiary/aromatic N) is 1. The molecule has 0 saturated heterocycles. The highest BCUT2D eigenvalue weighted by atomic mass is 32.2. The Kier molecular flexibility index (Phi) is 6.39. The van der Waals surface area contributed by atoms with Crippen LogP contribution in [0.2, 0.25) is 0 Å². The average Bonchev–Trinajstić information content (AvgIpc) is 2.44. The number of ether oxygens (including phenoxy) is 1. The molecule has 0 unspecified atom stereocenters. The largest absolute Gasteiger partial charge is 0.495 e. The fraction of sp³-hybridized carbons (Fsp3) is 0.467. The van der Waals surface area contributed by atoms with Crippen molar-refractivity contribution in [3.63, 3.8) is 0 Å². The van der Waals surface area contributed by atoms with Crippen LogP contribution in [0.1, 0.15) is 19.4 Å². The summed E-state index contributed by atoms with van der Waals surface area (Å²) < 4.78 is 31.6. The third kappa shape index (κ3) is 4.56. The Labute approximate surface area is 127 Å². The SMILES string of the molecule is C=CCN(C)S(=O)(=O)c1cc(CNC(C)C)ccc1OC. The second kappa shape index (κ2) is 7.59. The van der Waals surface area contributed by atoms with Crippen LogP contribution in [0.15, 0.2) is 35.7 Å². The first-order valence-corrected chi connectivity index (χ1v) is 8.24. The molecular formula is C15H24N2O3S. The standard InChI is InChI=1S/C15H24N2O3S/c1-6-9-17(4)21(18,19)15-10-13(11-16-12(2)3)7-8-14(15)20-5/h6-8,10,12,16H,1,9,11H2,2-5H3. The zero-order valence-corrected chi connectivity index (χ0v) is 13.9. The molecule has 118 valence electrons. The van der Waals surface area contributed by atoms with Gasteiger partial charge in [-0.25, -0.2) is 8.42 Å². The summed E-state index contributed by atoms with van der Waals surface area (Å²) in [6, 6.07) is 5.53. The van der Waals surface area contributed by atoms with E-state index in [0.717, 1.165) is 5.56 Å². The fourth-order valence-electron chi connectivity index (χ4n) is 1.80. The molecule has 0 bridgehead atoms. The summed E-state index contributed by atoms with van der Waals surface area (Å²) in [5, 5.41) is 3.27. The van der Waals surface area contributed by atoms with E-state index >= 15 is 0 Å². The van der Waals surface area contributed by atoms with Gasteiger partial charge in [0.2, 0.25) is 10.0 Å². The molecule has 1 rings (SSSR count). The normalized spacial score (nSPS) is 11.9. The van der Waals surface area contributed by atoms with Crippen molar-refractivity contribution in [1.29, 1.82) is 0 Å². The quantitative estimate of drug-likeness (QED) is 0.746. The lowest BCUT2D eigenvalue weighted by atomic mass is 10.2. The van der Waals surface area contributed by atoms with Crippen LogP contribution in [0.4, 0.5) is 0 Å². The smallest absolute Gasteiger partial charge is 0.246 e. The maximum Gasteiger partial charge on any atom is 0.246 e. The minimum atomic E-state index is -3.60. The summed E-state index contributed by atoms with van der Waals surface area (Å²) in [4.78, 5) is 0.178. The first-order chi connectivity index (χ1) is 9.82. The Morgan fingerprint density at radius 1 is 1.43 bits per heavy atom. The number of hydrogen-bond acceptors (Lipinski definition) is 4. The van der Waals surface area contributed by atoms with Gasteiger partial charge in [-0.2, -0.15) is 4.31 Å². The van der Waals surface area contributed by atoms with Crippen molar-refractivity contribution in [2.24, 2.45) is 0 Å². The van der Waals surface area contributed by atoms with E-state index in [0.29, 0.717) is 18.3 Å². The number of methoxy groups -OCH3 is 1. The molecule has 5 nitrogen and oxygen atoms in total. The lowest BCUT2D eigenvalue weighted by Crippen LogP contribution is -2.28. The van der Waals surface area contributed by atoms with Crippen LogP contribution in [0, 0.1) is 0 Å². The van der Waals surface area contributed by atoms with Gasteiger partial charge in [0.1, 0.15) is 10.6 Å². The van der Waals surface area contributed by atoms with Gasteiger partial charge >= 0.3 is 0 Å². The van der Waals surface area contributed by atoms with Crippen LogP contribution in [0.25, 0.3) is 0 Å². The van der Waals surface area contributed by atoms with Gasteiger partial charge in [-0.3, -0.25) is 0 Å². The monoisotopic (exact) mass is 312 g/mol. The van der Waals surface area contributed by atoms with Crippen LogP contribution in [-0.2, 0) is 16.6 Å². The fourth-order valence-corrected chi connectivity index (χ4v) is 3.15.